The summed E-state index contributed by atoms with van der Waals surface area (Å²) >= 11 is 0. The van der Waals surface area contributed by atoms with Crippen molar-refractivity contribution in [2.75, 3.05) is 20.8 Å². The number of methoxy groups -OCH3 is 2. The summed E-state index contributed by atoms with van der Waals surface area (Å²) in [5.74, 6) is 0.177. The number of hydrogen-bond donors (Lipinski definition) is 3. The van der Waals surface area contributed by atoms with Crippen molar-refractivity contribution in [3.63, 3.8) is 0 Å². The molecule has 1 heterocycles. The van der Waals surface area contributed by atoms with E-state index in [2.05, 4.69) is 10.3 Å². The monoisotopic (exact) mass is 364 g/mol. The van der Waals surface area contributed by atoms with E-state index < -0.39 is 12.1 Å². The van der Waals surface area contributed by atoms with Gasteiger partial charge in [-0.1, -0.05) is 10.3 Å². The second-order valence-corrected chi connectivity index (χ2v) is 5.36. The van der Waals surface area contributed by atoms with Gasteiger partial charge in [-0.15, -0.1) is 0 Å². The fraction of sp³-hybridized carbons (Fsp3) is 0.353. The van der Waals surface area contributed by atoms with E-state index in [1.807, 2.05) is 0 Å². The quantitative estimate of drug-likeness (QED) is 0.551. The summed E-state index contributed by atoms with van der Waals surface area (Å²) in [5.41, 5.74) is 1.67. The number of aliphatic carboxylic acids is 1. The molecule has 0 radical (unpaired) electrons. The lowest BCUT2D eigenvalue weighted by molar-refractivity contribution is -0.147. The van der Waals surface area contributed by atoms with E-state index in [4.69, 9.17) is 29.7 Å². The Kier molecular flexibility index (Phi) is 6.56. The van der Waals surface area contributed by atoms with Crippen molar-refractivity contribution < 1.29 is 34.5 Å². The van der Waals surface area contributed by atoms with Gasteiger partial charge in [0, 0.05) is 6.61 Å². The van der Waals surface area contributed by atoms with Crippen LogP contribution in [0.4, 0.5) is 0 Å². The molecule has 1 aliphatic heterocycles. The number of fused-ring (bicyclic) bond motifs is 1. The molecule has 26 heavy (non-hydrogen) atoms. The molecule has 1 unspecified atom stereocenters. The first kappa shape index (κ1) is 19.3. The number of ether oxygens (including phenoxy) is 3. The molecule has 9 nitrogen and oxygen atoms in total. The number of benzene rings is 1. The van der Waals surface area contributed by atoms with Crippen LogP contribution in [-0.2, 0) is 9.53 Å². The van der Waals surface area contributed by atoms with E-state index in [-0.39, 0.29) is 0 Å². The standard InChI is InChI=1S/C12H12N2O4.C5H8O3/c1-17-9-5-6-10(18-2)12-8(14-16)4-3-7(13-15)11(9)12;6-5(7)4-2-1-3-8-4/h3-6,15-16H,1-2H3;4H,1-3H2,(H,6,7). The number of nitrogens with zero attached hydrogens (tertiary/aromatic N) is 2. The van der Waals surface area contributed by atoms with Gasteiger partial charge in [0.15, 0.2) is 6.10 Å². The number of hydrogen-bond acceptors (Lipinski definition) is 8. The van der Waals surface area contributed by atoms with Crippen molar-refractivity contribution in [3.8, 4) is 11.5 Å². The molecule has 0 spiro atoms. The van der Waals surface area contributed by atoms with Gasteiger partial charge in [0.25, 0.3) is 0 Å². The summed E-state index contributed by atoms with van der Waals surface area (Å²) in [6, 6.07) is 3.38. The minimum Gasteiger partial charge on any atom is -0.496 e. The summed E-state index contributed by atoms with van der Waals surface area (Å²) in [6.45, 7) is 0.608. The number of allylic oxidation sites excluding steroid dienone is 2. The van der Waals surface area contributed by atoms with E-state index >= 15 is 0 Å². The molecule has 3 rings (SSSR count). The van der Waals surface area contributed by atoms with Gasteiger partial charge >= 0.3 is 5.97 Å². The van der Waals surface area contributed by atoms with Crippen LogP contribution in [0.25, 0.3) is 0 Å². The number of oxime groups is 2. The Labute approximate surface area is 149 Å². The lowest BCUT2D eigenvalue weighted by Crippen LogP contribution is -2.17. The van der Waals surface area contributed by atoms with Crippen LogP contribution in [0.3, 0.4) is 0 Å². The Morgan fingerprint density at radius 3 is 1.85 bits per heavy atom. The molecule has 0 aromatic heterocycles. The van der Waals surface area contributed by atoms with E-state index in [0.717, 1.165) is 6.42 Å². The minimum atomic E-state index is -0.831. The van der Waals surface area contributed by atoms with Gasteiger partial charge in [0.1, 0.15) is 22.9 Å². The van der Waals surface area contributed by atoms with Gasteiger partial charge in [-0.2, -0.15) is 0 Å². The first-order chi connectivity index (χ1) is 12.6. The molecule has 1 saturated heterocycles. The van der Waals surface area contributed by atoms with Crippen molar-refractivity contribution in [2.45, 2.75) is 18.9 Å². The van der Waals surface area contributed by atoms with Crippen LogP contribution < -0.4 is 9.47 Å². The number of carboxylic acids is 1. The molecule has 140 valence electrons. The first-order valence-electron chi connectivity index (χ1n) is 7.79. The zero-order chi connectivity index (χ0) is 19.1. The lowest BCUT2D eigenvalue weighted by atomic mass is 9.92. The molecule has 1 aromatic rings. The molecule has 0 bridgehead atoms. The molecule has 0 amide bonds. The maximum Gasteiger partial charge on any atom is 0.332 e. The summed E-state index contributed by atoms with van der Waals surface area (Å²) in [6.07, 6.45) is 4.10. The smallest absolute Gasteiger partial charge is 0.332 e. The van der Waals surface area contributed by atoms with Crippen molar-refractivity contribution >= 4 is 17.4 Å². The second-order valence-electron chi connectivity index (χ2n) is 5.36. The van der Waals surface area contributed by atoms with Crippen LogP contribution in [0.5, 0.6) is 11.5 Å². The fourth-order valence-electron chi connectivity index (χ4n) is 2.68. The number of carbonyl (C=O) groups is 1. The Balaban J connectivity index is 0.000000254. The van der Waals surface area contributed by atoms with Gasteiger partial charge in [-0.25, -0.2) is 4.79 Å². The highest BCUT2D eigenvalue weighted by atomic mass is 16.5. The highest BCUT2D eigenvalue weighted by molar-refractivity contribution is 6.27. The molecule has 1 fully saturated rings. The van der Waals surface area contributed by atoms with Crippen molar-refractivity contribution in [2.24, 2.45) is 10.3 Å². The maximum atomic E-state index is 10.1. The van der Waals surface area contributed by atoms with Gasteiger partial charge < -0.3 is 29.7 Å². The van der Waals surface area contributed by atoms with Crippen LogP contribution in [0.15, 0.2) is 34.6 Å². The van der Waals surface area contributed by atoms with E-state index in [0.29, 0.717) is 47.1 Å². The van der Waals surface area contributed by atoms with Gasteiger partial charge in [0.2, 0.25) is 0 Å². The van der Waals surface area contributed by atoms with Crippen molar-refractivity contribution in [3.05, 3.63) is 35.4 Å². The zero-order valence-electron chi connectivity index (χ0n) is 14.4. The topological polar surface area (TPSA) is 130 Å². The molecule has 1 atom stereocenters. The highest BCUT2D eigenvalue weighted by Gasteiger charge is 2.25. The summed E-state index contributed by atoms with van der Waals surface area (Å²) in [7, 11) is 3.01. The second kappa shape index (κ2) is 8.86. The summed E-state index contributed by atoms with van der Waals surface area (Å²) in [4.78, 5) is 10.1. The lowest BCUT2D eigenvalue weighted by Gasteiger charge is -2.19. The zero-order valence-corrected chi connectivity index (χ0v) is 14.4. The predicted octanol–water partition coefficient (Wildman–Crippen LogP) is 1.88. The third kappa shape index (κ3) is 3.94. The fourth-order valence-corrected chi connectivity index (χ4v) is 2.68. The van der Waals surface area contributed by atoms with Crippen LogP contribution in [-0.4, -0.2) is 59.8 Å². The van der Waals surface area contributed by atoms with Gasteiger partial charge in [-0.05, 0) is 37.1 Å². The van der Waals surface area contributed by atoms with E-state index in [1.165, 1.54) is 26.4 Å². The Bertz CT molecular complexity index is 701. The molecule has 0 saturated carbocycles. The molecule has 1 aromatic carbocycles. The normalized spacial score (nSPS) is 21.1. The SMILES string of the molecule is COc1ccc(OC)c2c1C(=NO)C=CC2=NO.O=C(O)C1CCCO1. The largest absolute Gasteiger partial charge is 0.496 e. The van der Waals surface area contributed by atoms with Crippen molar-refractivity contribution in [1.29, 1.82) is 0 Å². The molecule has 1 aliphatic carbocycles. The molecular weight excluding hydrogens is 344 g/mol. The van der Waals surface area contributed by atoms with E-state index in [1.54, 1.807) is 12.1 Å². The van der Waals surface area contributed by atoms with Gasteiger partial charge in [-0.3, -0.25) is 0 Å². The average molecular weight is 364 g/mol. The molecule has 9 heteroatoms. The summed E-state index contributed by atoms with van der Waals surface area (Å²) < 4.78 is 15.3. The highest BCUT2D eigenvalue weighted by Crippen LogP contribution is 2.34. The third-order valence-corrected chi connectivity index (χ3v) is 3.90. The van der Waals surface area contributed by atoms with Crippen LogP contribution in [0, 0.1) is 0 Å². The molecular formula is C17H20N2O7. The maximum absolute atomic E-state index is 10.1. The van der Waals surface area contributed by atoms with E-state index in [9.17, 15) is 4.79 Å². The van der Waals surface area contributed by atoms with Crippen LogP contribution >= 0.6 is 0 Å². The Morgan fingerprint density at radius 1 is 1.08 bits per heavy atom. The molecule has 2 aliphatic rings. The van der Waals surface area contributed by atoms with Crippen LogP contribution in [0.2, 0.25) is 0 Å². The number of rotatable bonds is 3. The Morgan fingerprint density at radius 2 is 1.58 bits per heavy atom. The third-order valence-electron chi connectivity index (χ3n) is 3.90. The summed E-state index contributed by atoms with van der Waals surface area (Å²) in [5, 5.41) is 32.7. The Hall–Kier alpha value is -3.07. The molecule has 3 N–H and O–H groups in total. The average Bonchev–Trinajstić information content (AvgIpc) is 3.21. The number of carboxylic acid groups (broad SMARTS) is 1. The van der Waals surface area contributed by atoms with Crippen LogP contribution in [0.1, 0.15) is 24.0 Å². The first-order valence-corrected chi connectivity index (χ1v) is 7.79. The van der Waals surface area contributed by atoms with Crippen molar-refractivity contribution in [1.82, 2.24) is 0 Å². The van der Waals surface area contributed by atoms with Gasteiger partial charge in [0.05, 0.1) is 25.3 Å². The minimum absolute atomic E-state index is 0.313. The predicted molar refractivity (Wildman–Crippen MR) is 91.9 cm³/mol.